The van der Waals surface area contributed by atoms with Crippen LogP contribution >= 0.6 is 15.9 Å². The lowest BCUT2D eigenvalue weighted by molar-refractivity contribution is -0.125. The average molecular weight is 401 g/mol. The lowest BCUT2D eigenvalue weighted by Crippen LogP contribution is -2.46. The van der Waals surface area contributed by atoms with Crippen molar-refractivity contribution in [1.82, 2.24) is 10.2 Å². The lowest BCUT2D eigenvalue weighted by atomic mass is 10.1. The van der Waals surface area contributed by atoms with Crippen LogP contribution in [0.4, 0.5) is 0 Å². The highest BCUT2D eigenvalue weighted by Gasteiger charge is 2.35. The Labute approximate surface area is 156 Å². The van der Waals surface area contributed by atoms with Gasteiger partial charge in [0.2, 0.25) is 5.91 Å². The van der Waals surface area contributed by atoms with Crippen molar-refractivity contribution in [1.29, 1.82) is 0 Å². The molecule has 25 heavy (non-hydrogen) atoms. The van der Waals surface area contributed by atoms with Crippen LogP contribution in [0.2, 0.25) is 0 Å². The smallest absolute Gasteiger partial charge is 0.254 e. The summed E-state index contributed by atoms with van der Waals surface area (Å²) in [5.41, 5.74) is 1.66. The highest BCUT2D eigenvalue weighted by Crippen LogP contribution is 2.23. The molecule has 1 fully saturated rings. The molecule has 1 aliphatic rings. The van der Waals surface area contributed by atoms with Crippen LogP contribution in [0.1, 0.15) is 41.7 Å². The van der Waals surface area contributed by atoms with E-state index >= 15 is 0 Å². The molecule has 1 N–H and O–H groups in total. The van der Waals surface area contributed by atoms with Crippen LogP contribution in [0.15, 0.2) is 59.1 Å². The predicted molar refractivity (Wildman–Crippen MR) is 101 cm³/mol. The molecule has 1 aliphatic heterocycles. The Morgan fingerprint density at radius 2 is 1.92 bits per heavy atom. The third-order valence-corrected chi connectivity index (χ3v) is 5.04. The highest BCUT2D eigenvalue weighted by molar-refractivity contribution is 9.10. The number of likely N-dealkylation sites (tertiary alicyclic amines) is 1. The molecule has 0 aliphatic carbocycles. The molecule has 3 rings (SSSR count). The third kappa shape index (κ3) is 4.10. The molecular weight excluding hydrogens is 380 g/mol. The Morgan fingerprint density at radius 1 is 1.16 bits per heavy atom. The Balaban J connectivity index is 1.70. The maximum absolute atomic E-state index is 12.8. The zero-order valence-electron chi connectivity index (χ0n) is 14.1. The van der Waals surface area contributed by atoms with Gasteiger partial charge in [0.25, 0.3) is 5.91 Å². The van der Waals surface area contributed by atoms with E-state index in [0.717, 1.165) is 16.5 Å². The third-order valence-electron chi connectivity index (χ3n) is 4.55. The van der Waals surface area contributed by atoms with Gasteiger partial charge in [0, 0.05) is 16.6 Å². The first-order chi connectivity index (χ1) is 12.1. The van der Waals surface area contributed by atoms with Crippen LogP contribution in [0.5, 0.6) is 0 Å². The van der Waals surface area contributed by atoms with Crippen molar-refractivity contribution in [3.8, 4) is 0 Å². The number of carbonyl (C=O) groups excluding carboxylic acids is 2. The van der Waals surface area contributed by atoms with E-state index in [1.807, 2.05) is 49.4 Å². The summed E-state index contributed by atoms with van der Waals surface area (Å²) >= 11 is 3.39. The van der Waals surface area contributed by atoms with Crippen molar-refractivity contribution < 1.29 is 9.59 Å². The summed E-state index contributed by atoms with van der Waals surface area (Å²) in [4.78, 5) is 27.2. The van der Waals surface area contributed by atoms with Gasteiger partial charge in [0.15, 0.2) is 0 Å². The number of rotatable bonds is 4. The molecule has 0 saturated carbocycles. The SMILES string of the molecule is CC(NC(=O)C1CCCN1C(=O)c1cccc(Br)c1)c1ccccc1. The molecular formula is C20H21BrN2O2. The minimum atomic E-state index is -0.405. The van der Waals surface area contributed by atoms with E-state index in [2.05, 4.69) is 21.2 Å². The fourth-order valence-electron chi connectivity index (χ4n) is 3.20. The van der Waals surface area contributed by atoms with Crippen molar-refractivity contribution in [3.05, 3.63) is 70.2 Å². The molecule has 130 valence electrons. The van der Waals surface area contributed by atoms with Crippen LogP contribution in [-0.4, -0.2) is 29.3 Å². The van der Waals surface area contributed by atoms with Gasteiger partial charge in [-0.1, -0.05) is 52.3 Å². The standard InChI is InChI=1S/C20H21BrN2O2/c1-14(15-7-3-2-4-8-15)22-19(24)18-11-6-12-23(18)20(25)16-9-5-10-17(21)13-16/h2-5,7-10,13-14,18H,6,11-12H2,1H3,(H,22,24). The minimum absolute atomic E-state index is 0.0859. The topological polar surface area (TPSA) is 49.4 Å². The maximum atomic E-state index is 12.8. The fraction of sp³-hybridized carbons (Fsp3) is 0.300. The zero-order chi connectivity index (χ0) is 17.8. The molecule has 1 saturated heterocycles. The highest BCUT2D eigenvalue weighted by atomic mass is 79.9. The minimum Gasteiger partial charge on any atom is -0.348 e. The molecule has 2 unspecified atom stereocenters. The van der Waals surface area contributed by atoms with Gasteiger partial charge in [-0.2, -0.15) is 0 Å². The average Bonchev–Trinajstić information content (AvgIpc) is 3.11. The number of amides is 2. The van der Waals surface area contributed by atoms with Crippen LogP contribution in [0.25, 0.3) is 0 Å². The van der Waals surface area contributed by atoms with Gasteiger partial charge < -0.3 is 10.2 Å². The van der Waals surface area contributed by atoms with E-state index in [1.54, 1.807) is 17.0 Å². The van der Waals surface area contributed by atoms with Crippen molar-refractivity contribution in [2.24, 2.45) is 0 Å². The number of benzene rings is 2. The molecule has 1 heterocycles. The van der Waals surface area contributed by atoms with Crippen molar-refractivity contribution in [3.63, 3.8) is 0 Å². The number of nitrogens with one attached hydrogen (secondary N) is 1. The van der Waals surface area contributed by atoms with Crippen LogP contribution < -0.4 is 5.32 Å². The van der Waals surface area contributed by atoms with Gasteiger partial charge >= 0.3 is 0 Å². The molecule has 0 bridgehead atoms. The van der Waals surface area contributed by atoms with E-state index in [4.69, 9.17) is 0 Å². The molecule has 4 nitrogen and oxygen atoms in total. The molecule has 2 atom stereocenters. The summed E-state index contributed by atoms with van der Waals surface area (Å²) in [7, 11) is 0. The summed E-state index contributed by atoms with van der Waals surface area (Å²) in [6.07, 6.45) is 1.55. The van der Waals surface area contributed by atoms with E-state index < -0.39 is 6.04 Å². The second-order valence-electron chi connectivity index (χ2n) is 6.31. The number of halogens is 1. The van der Waals surface area contributed by atoms with Crippen LogP contribution in [0, 0.1) is 0 Å². The first-order valence-corrected chi connectivity index (χ1v) is 9.27. The number of carbonyl (C=O) groups is 2. The summed E-state index contributed by atoms with van der Waals surface area (Å²) in [6, 6.07) is 16.6. The largest absolute Gasteiger partial charge is 0.348 e. The molecule has 2 aromatic carbocycles. The van der Waals surface area contributed by atoms with Crippen LogP contribution in [-0.2, 0) is 4.79 Å². The van der Waals surface area contributed by atoms with E-state index in [9.17, 15) is 9.59 Å². The quantitative estimate of drug-likeness (QED) is 0.844. The Bertz CT molecular complexity index is 763. The maximum Gasteiger partial charge on any atom is 0.254 e. The van der Waals surface area contributed by atoms with E-state index in [1.165, 1.54) is 0 Å². The molecule has 5 heteroatoms. The van der Waals surface area contributed by atoms with Gasteiger partial charge in [0.05, 0.1) is 6.04 Å². The number of nitrogens with zero attached hydrogens (tertiary/aromatic N) is 1. The normalized spacial score (nSPS) is 18.0. The first kappa shape index (κ1) is 17.7. The van der Waals surface area contributed by atoms with Gasteiger partial charge in [0.1, 0.15) is 6.04 Å². The summed E-state index contributed by atoms with van der Waals surface area (Å²) in [6.45, 7) is 2.58. The van der Waals surface area contributed by atoms with Crippen molar-refractivity contribution >= 4 is 27.7 Å². The number of hydrogen-bond acceptors (Lipinski definition) is 2. The number of hydrogen-bond donors (Lipinski definition) is 1. The molecule has 0 aromatic heterocycles. The van der Waals surface area contributed by atoms with Gasteiger partial charge in [-0.05, 0) is 43.5 Å². The van der Waals surface area contributed by atoms with Gasteiger partial charge in [-0.15, -0.1) is 0 Å². The molecule has 2 amide bonds. The molecule has 2 aromatic rings. The van der Waals surface area contributed by atoms with Crippen molar-refractivity contribution in [2.75, 3.05) is 6.54 Å². The monoisotopic (exact) mass is 400 g/mol. The van der Waals surface area contributed by atoms with Crippen LogP contribution in [0.3, 0.4) is 0 Å². The zero-order valence-corrected chi connectivity index (χ0v) is 15.7. The Kier molecular flexibility index (Phi) is 5.53. The summed E-state index contributed by atoms with van der Waals surface area (Å²) < 4.78 is 0.858. The fourth-order valence-corrected chi connectivity index (χ4v) is 3.60. The van der Waals surface area contributed by atoms with Gasteiger partial charge in [-0.3, -0.25) is 9.59 Å². The van der Waals surface area contributed by atoms with Crippen molar-refractivity contribution in [2.45, 2.75) is 31.8 Å². The predicted octanol–water partition coefficient (Wildman–Crippen LogP) is 3.93. The van der Waals surface area contributed by atoms with E-state index in [-0.39, 0.29) is 17.9 Å². The summed E-state index contributed by atoms with van der Waals surface area (Å²) in [5, 5.41) is 3.04. The summed E-state index contributed by atoms with van der Waals surface area (Å²) in [5.74, 6) is -0.177. The van der Waals surface area contributed by atoms with Gasteiger partial charge in [-0.25, -0.2) is 0 Å². The second-order valence-corrected chi connectivity index (χ2v) is 7.22. The molecule has 0 radical (unpaired) electrons. The second kappa shape index (κ2) is 7.83. The Morgan fingerprint density at radius 3 is 2.64 bits per heavy atom. The first-order valence-electron chi connectivity index (χ1n) is 8.48. The Hall–Kier alpha value is -2.14. The lowest BCUT2D eigenvalue weighted by Gasteiger charge is -2.26. The van der Waals surface area contributed by atoms with E-state index in [0.29, 0.717) is 18.5 Å². The molecule has 0 spiro atoms.